The quantitative estimate of drug-likeness (QED) is 0.541. The molecule has 3 rings (SSSR count). The average molecular weight is 354 g/mol. The first-order chi connectivity index (χ1) is 12.4. The molecule has 26 heavy (non-hydrogen) atoms. The lowest BCUT2D eigenvalue weighted by Gasteiger charge is -2.09. The molecule has 2 aromatic heterocycles. The molecule has 136 valence electrons. The van der Waals surface area contributed by atoms with Crippen LogP contribution in [0.2, 0.25) is 0 Å². The number of hydrazone groups is 1. The van der Waals surface area contributed by atoms with Gasteiger partial charge in [-0.25, -0.2) is 10.2 Å². The normalized spacial score (nSPS) is 11.9. The van der Waals surface area contributed by atoms with Gasteiger partial charge in [-0.05, 0) is 25.8 Å². The van der Waals surface area contributed by atoms with E-state index in [1.807, 2.05) is 45.0 Å². The Kier molecular flexibility index (Phi) is 4.75. The fourth-order valence-electron chi connectivity index (χ4n) is 2.57. The number of rotatable bonds is 5. The summed E-state index contributed by atoms with van der Waals surface area (Å²) in [5.41, 5.74) is 5.70. The predicted molar refractivity (Wildman–Crippen MR) is 103 cm³/mol. The molecule has 8 nitrogen and oxygen atoms in total. The highest BCUT2D eigenvalue weighted by Crippen LogP contribution is 2.18. The summed E-state index contributed by atoms with van der Waals surface area (Å²) >= 11 is 0. The molecule has 2 N–H and O–H groups in total. The predicted octanol–water partition coefficient (Wildman–Crippen LogP) is 1.98. The standard InChI is InChI=1S/C18H22N6O2/c1-5-12(3)21-22-17-19-15-14(16(25)20-18(26)23(15)4)24(17)10-13-8-6-11(2)7-9-13/h6-9H,5,10H2,1-4H3,(H,19,22)(H,20,25,26)/b21-12-. The Labute approximate surface area is 150 Å². The molecule has 0 radical (unpaired) electrons. The van der Waals surface area contributed by atoms with Gasteiger partial charge in [-0.15, -0.1) is 0 Å². The third kappa shape index (κ3) is 3.30. The number of nitrogens with one attached hydrogen (secondary N) is 2. The van der Waals surface area contributed by atoms with E-state index in [1.54, 1.807) is 11.6 Å². The molecule has 0 atom stereocenters. The summed E-state index contributed by atoms with van der Waals surface area (Å²) in [5, 5.41) is 4.29. The first kappa shape index (κ1) is 17.7. The number of nitrogens with zero attached hydrogens (tertiary/aromatic N) is 4. The van der Waals surface area contributed by atoms with Crippen molar-refractivity contribution in [2.45, 2.75) is 33.7 Å². The molecule has 0 unspecified atom stereocenters. The van der Waals surface area contributed by atoms with Crippen molar-refractivity contribution >= 4 is 22.8 Å². The van der Waals surface area contributed by atoms with Crippen LogP contribution in [0.25, 0.3) is 11.2 Å². The van der Waals surface area contributed by atoms with Gasteiger partial charge in [0.15, 0.2) is 11.2 Å². The van der Waals surface area contributed by atoms with Gasteiger partial charge in [-0.1, -0.05) is 36.8 Å². The minimum absolute atomic E-state index is 0.317. The number of anilines is 1. The Bertz CT molecular complexity index is 1090. The molecule has 0 aliphatic carbocycles. The lowest BCUT2D eigenvalue weighted by atomic mass is 10.1. The number of benzene rings is 1. The van der Waals surface area contributed by atoms with Crippen LogP contribution in [0.4, 0.5) is 5.95 Å². The third-order valence-corrected chi connectivity index (χ3v) is 4.33. The minimum atomic E-state index is -0.498. The number of aryl methyl sites for hydroxylation is 2. The van der Waals surface area contributed by atoms with E-state index in [2.05, 4.69) is 20.5 Å². The molecule has 8 heteroatoms. The summed E-state index contributed by atoms with van der Waals surface area (Å²) in [7, 11) is 1.58. The second-order valence-electron chi connectivity index (χ2n) is 6.31. The fraction of sp³-hybridized carbons (Fsp3) is 0.333. The molecule has 0 aliphatic heterocycles. The van der Waals surface area contributed by atoms with Gasteiger partial charge in [0.2, 0.25) is 5.95 Å². The number of imidazole rings is 1. The van der Waals surface area contributed by atoms with Gasteiger partial charge in [-0.2, -0.15) is 10.1 Å². The van der Waals surface area contributed by atoms with E-state index in [9.17, 15) is 9.59 Å². The molecule has 1 aromatic carbocycles. The first-order valence-corrected chi connectivity index (χ1v) is 8.45. The van der Waals surface area contributed by atoms with Crippen LogP contribution in [-0.2, 0) is 13.6 Å². The Morgan fingerprint density at radius 3 is 2.62 bits per heavy atom. The second-order valence-corrected chi connectivity index (χ2v) is 6.31. The van der Waals surface area contributed by atoms with Gasteiger partial charge in [0.25, 0.3) is 5.56 Å². The number of H-pyrrole nitrogens is 1. The number of aromatic amines is 1. The summed E-state index contributed by atoms with van der Waals surface area (Å²) < 4.78 is 3.06. The van der Waals surface area contributed by atoms with Crippen molar-refractivity contribution in [3.8, 4) is 0 Å². The molecule has 2 heterocycles. The molecule has 3 aromatic rings. The van der Waals surface area contributed by atoms with E-state index < -0.39 is 11.2 Å². The number of aromatic nitrogens is 4. The lowest BCUT2D eigenvalue weighted by Crippen LogP contribution is -2.29. The zero-order chi connectivity index (χ0) is 18.8. The summed E-state index contributed by atoms with van der Waals surface area (Å²) in [4.78, 5) is 31.1. The topological polar surface area (TPSA) is 97.1 Å². The van der Waals surface area contributed by atoms with Crippen LogP contribution in [0, 0.1) is 6.92 Å². The van der Waals surface area contributed by atoms with Crippen molar-refractivity contribution in [1.29, 1.82) is 0 Å². The van der Waals surface area contributed by atoms with Gasteiger partial charge < -0.3 is 0 Å². The summed E-state index contributed by atoms with van der Waals surface area (Å²) in [6.07, 6.45) is 0.796. The molecule has 0 fully saturated rings. The maximum absolute atomic E-state index is 12.4. The highest BCUT2D eigenvalue weighted by Gasteiger charge is 2.17. The third-order valence-electron chi connectivity index (χ3n) is 4.33. The van der Waals surface area contributed by atoms with Crippen LogP contribution in [-0.4, -0.2) is 24.8 Å². The van der Waals surface area contributed by atoms with Crippen molar-refractivity contribution in [2.24, 2.45) is 12.1 Å². The maximum Gasteiger partial charge on any atom is 0.329 e. The maximum atomic E-state index is 12.4. The second kappa shape index (κ2) is 6.99. The van der Waals surface area contributed by atoms with Crippen LogP contribution in [0.15, 0.2) is 39.0 Å². The Hall–Kier alpha value is -3.16. The molecule has 0 saturated heterocycles. The number of fused-ring (bicyclic) bond motifs is 1. The van der Waals surface area contributed by atoms with Crippen molar-refractivity contribution in [3.63, 3.8) is 0 Å². The van der Waals surface area contributed by atoms with Crippen LogP contribution >= 0.6 is 0 Å². The van der Waals surface area contributed by atoms with Gasteiger partial charge >= 0.3 is 5.69 Å². The van der Waals surface area contributed by atoms with E-state index in [0.717, 1.165) is 23.3 Å². The van der Waals surface area contributed by atoms with E-state index in [1.165, 1.54) is 4.57 Å². The smallest absolute Gasteiger partial charge is 0.298 e. The summed E-state index contributed by atoms with van der Waals surface area (Å²) in [6.45, 7) is 6.36. The van der Waals surface area contributed by atoms with E-state index >= 15 is 0 Å². The Morgan fingerprint density at radius 1 is 1.27 bits per heavy atom. The minimum Gasteiger partial charge on any atom is -0.298 e. The average Bonchev–Trinajstić information content (AvgIpc) is 2.98. The molecular weight excluding hydrogens is 332 g/mol. The summed E-state index contributed by atoms with van der Waals surface area (Å²) in [6, 6.07) is 8.03. The van der Waals surface area contributed by atoms with Crippen LogP contribution in [0.3, 0.4) is 0 Å². The van der Waals surface area contributed by atoms with E-state index in [-0.39, 0.29) is 0 Å². The van der Waals surface area contributed by atoms with Crippen molar-refractivity contribution < 1.29 is 0 Å². The van der Waals surface area contributed by atoms with Gasteiger partial charge in [-0.3, -0.25) is 18.9 Å². The zero-order valence-corrected chi connectivity index (χ0v) is 15.3. The Balaban J connectivity index is 2.19. The molecule has 0 saturated carbocycles. The molecule has 0 bridgehead atoms. The fourth-order valence-corrected chi connectivity index (χ4v) is 2.57. The van der Waals surface area contributed by atoms with Crippen molar-refractivity contribution in [2.75, 3.05) is 5.43 Å². The molecular formula is C18H22N6O2. The largest absolute Gasteiger partial charge is 0.329 e. The van der Waals surface area contributed by atoms with Crippen molar-refractivity contribution in [1.82, 2.24) is 19.1 Å². The SMILES string of the molecule is CC/C(C)=N\Nc1nc2c(c(=O)[nH]c(=O)n2C)n1Cc1ccc(C)cc1. The van der Waals surface area contributed by atoms with E-state index in [4.69, 9.17) is 0 Å². The lowest BCUT2D eigenvalue weighted by molar-refractivity contribution is 0.808. The molecule has 0 aliphatic rings. The van der Waals surface area contributed by atoms with Crippen LogP contribution < -0.4 is 16.7 Å². The first-order valence-electron chi connectivity index (χ1n) is 8.45. The highest BCUT2D eigenvalue weighted by molar-refractivity contribution is 5.82. The summed E-state index contributed by atoms with van der Waals surface area (Å²) in [5.74, 6) is 0.417. The number of hydrogen-bond donors (Lipinski definition) is 2. The monoisotopic (exact) mass is 354 g/mol. The molecule has 0 spiro atoms. The molecule has 0 amide bonds. The van der Waals surface area contributed by atoms with Crippen molar-refractivity contribution in [3.05, 3.63) is 56.2 Å². The zero-order valence-electron chi connectivity index (χ0n) is 15.3. The van der Waals surface area contributed by atoms with Crippen LogP contribution in [0.1, 0.15) is 31.4 Å². The van der Waals surface area contributed by atoms with Gasteiger partial charge in [0.1, 0.15) is 0 Å². The Morgan fingerprint density at radius 2 is 1.96 bits per heavy atom. The highest BCUT2D eigenvalue weighted by atomic mass is 16.2. The number of hydrogen-bond acceptors (Lipinski definition) is 5. The van der Waals surface area contributed by atoms with Crippen LogP contribution in [0.5, 0.6) is 0 Å². The van der Waals surface area contributed by atoms with Gasteiger partial charge in [0, 0.05) is 12.8 Å². The van der Waals surface area contributed by atoms with E-state index in [0.29, 0.717) is 23.7 Å². The van der Waals surface area contributed by atoms with Gasteiger partial charge in [0.05, 0.1) is 6.54 Å².